The van der Waals surface area contributed by atoms with Crippen molar-refractivity contribution in [3.63, 3.8) is 0 Å². The monoisotopic (exact) mass is 276 g/mol. The Balaban J connectivity index is 2.80. The molecule has 4 heteroatoms. The van der Waals surface area contributed by atoms with Crippen molar-refractivity contribution >= 4 is 17.5 Å². The summed E-state index contributed by atoms with van der Waals surface area (Å²) in [5.74, 6) is -0.0463. The Labute approximate surface area is 121 Å². The van der Waals surface area contributed by atoms with Crippen LogP contribution in [0.5, 0.6) is 0 Å². The first kappa shape index (κ1) is 16.2. The van der Waals surface area contributed by atoms with E-state index in [9.17, 15) is 9.59 Å². The van der Waals surface area contributed by atoms with Gasteiger partial charge in [0.25, 0.3) is 0 Å². The zero-order valence-electron chi connectivity index (χ0n) is 12.8. The smallest absolute Gasteiger partial charge is 0.223 e. The lowest BCUT2D eigenvalue weighted by Gasteiger charge is -2.25. The van der Waals surface area contributed by atoms with Gasteiger partial charge in [0.1, 0.15) is 0 Å². The van der Waals surface area contributed by atoms with Crippen LogP contribution in [0.4, 0.5) is 5.69 Å². The van der Waals surface area contributed by atoms with Gasteiger partial charge in [-0.05, 0) is 31.4 Å². The number of anilines is 1. The summed E-state index contributed by atoms with van der Waals surface area (Å²) in [6.07, 6.45) is 1.24. The number of aryl methyl sites for hydroxylation is 2. The fraction of sp³-hybridized carbons (Fsp3) is 0.500. The molecule has 0 saturated carbocycles. The van der Waals surface area contributed by atoms with Gasteiger partial charge < -0.3 is 10.2 Å². The van der Waals surface area contributed by atoms with Gasteiger partial charge in [0.05, 0.1) is 0 Å². The Morgan fingerprint density at radius 3 is 2.30 bits per heavy atom. The highest BCUT2D eigenvalue weighted by Crippen LogP contribution is 2.24. The maximum absolute atomic E-state index is 11.9. The minimum atomic E-state index is -0.0364. The molecule has 0 aliphatic carbocycles. The van der Waals surface area contributed by atoms with Crippen LogP contribution in [-0.2, 0) is 9.59 Å². The SMILES string of the molecule is CCCNC(=O)CCN(C(C)=O)c1c(C)cccc1C. The minimum absolute atomic E-state index is 0.00987. The molecule has 0 saturated heterocycles. The molecule has 0 radical (unpaired) electrons. The van der Waals surface area contributed by atoms with Gasteiger partial charge in [-0.25, -0.2) is 0 Å². The number of carbonyl (C=O) groups is 2. The lowest BCUT2D eigenvalue weighted by Crippen LogP contribution is -2.34. The summed E-state index contributed by atoms with van der Waals surface area (Å²) in [6, 6.07) is 5.94. The molecule has 0 aliphatic heterocycles. The molecule has 0 bridgehead atoms. The summed E-state index contributed by atoms with van der Waals surface area (Å²) in [7, 11) is 0. The Morgan fingerprint density at radius 2 is 1.80 bits per heavy atom. The number of amides is 2. The number of benzene rings is 1. The summed E-state index contributed by atoms with van der Waals surface area (Å²) in [5, 5.41) is 2.83. The van der Waals surface area contributed by atoms with E-state index in [4.69, 9.17) is 0 Å². The van der Waals surface area contributed by atoms with Gasteiger partial charge in [-0.3, -0.25) is 9.59 Å². The highest BCUT2D eigenvalue weighted by atomic mass is 16.2. The van der Waals surface area contributed by atoms with E-state index in [2.05, 4.69) is 5.32 Å². The van der Waals surface area contributed by atoms with Crippen LogP contribution >= 0.6 is 0 Å². The van der Waals surface area contributed by atoms with Crippen LogP contribution in [0.3, 0.4) is 0 Å². The van der Waals surface area contributed by atoms with Crippen LogP contribution in [0.15, 0.2) is 18.2 Å². The van der Waals surface area contributed by atoms with E-state index in [0.29, 0.717) is 19.5 Å². The van der Waals surface area contributed by atoms with Crippen molar-refractivity contribution in [3.8, 4) is 0 Å². The first-order valence-electron chi connectivity index (χ1n) is 7.08. The highest BCUT2D eigenvalue weighted by Gasteiger charge is 2.16. The summed E-state index contributed by atoms with van der Waals surface area (Å²) in [6.45, 7) is 8.61. The molecule has 110 valence electrons. The molecule has 4 nitrogen and oxygen atoms in total. The lowest BCUT2D eigenvalue weighted by atomic mass is 10.1. The predicted octanol–water partition coefficient (Wildman–Crippen LogP) is 2.57. The number of hydrogen-bond acceptors (Lipinski definition) is 2. The van der Waals surface area contributed by atoms with E-state index >= 15 is 0 Å². The second-order valence-corrected chi connectivity index (χ2v) is 5.01. The maximum atomic E-state index is 11.9. The van der Waals surface area contributed by atoms with Crippen LogP contribution in [0.25, 0.3) is 0 Å². The molecule has 1 N–H and O–H groups in total. The molecular weight excluding hydrogens is 252 g/mol. The molecular formula is C16H24N2O2. The van der Waals surface area contributed by atoms with Gasteiger partial charge >= 0.3 is 0 Å². The first-order valence-corrected chi connectivity index (χ1v) is 7.08. The molecule has 0 aromatic heterocycles. The van der Waals surface area contributed by atoms with Gasteiger partial charge in [-0.1, -0.05) is 25.1 Å². The van der Waals surface area contributed by atoms with Crippen molar-refractivity contribution in [1.82, 2.24) is 5.32 Å². The number of nitrogens with zero attached hydrogens (tertiary/aromatic N) is 1. The molecule has 0 aliphatic rings. The molecule has 0 atom stereocenters. The number of rotatable bonds is 6. The second-order valence-electron chi connectivity index (χ2n) is 5.01. The van der Waals surface area contributed by atoms with Crippen molar-refractivity contribution in [2.75, 3.05) is 18.0 Å². The molecule has 0 spiro atoms. The zero-order chi connectivity index (χ0) is 15.1. The molecule has 20 heavy (non-hydrogen) atoms. The van der Waals surface area contributed by atoms with Gasteiger partial charge in [0.2, 0.25) is 11.8 Å². The van der Waals surface area contributed by atoms with Gasteiger partial charge in [0, 0.05) is 32.1 Å². The van der Waals surface area contributed by atoms with Crippen LogP contribution in [0.2, 0.25) is 0 Å². The Kier molecular flexibility index (Phi) is 6.22. The van der Waals surface area contributed by atoms with E-state index in [1.807, 2.05) is 39.0 Å². The van der Waals surface area contributed by atoms with Gasteiger partial charge in [-0.15, -0.1) is 0 Å². The zero-order valence-corrected chi connectivity index (χ0v) is 12.8. The van der Waals surface area contributed by atoms with E-state index in [1.54, 1.807) is 4.90 Å². The maximum Gasteiger partial charge on any atom is 0.223 e. The van der Waals surface area contributed by atoms with E-state index in [-0.39, 0.29) is 11.8 Å². The second kappa shape index (κ2) is 7.68. The third-order valence-corrected chi connectivity index (χ3v) is 3.22. The average Bonchev–Trinajstić information content (AvgIpc) is 2.39. The first-order chi connectivity index (χ1) is 9.47. The molecule has 1 aromatic carbocycles. The Morgan fingerprint density at radius 1 is 1.20 bits per heavy atom. The van der Waals surface area contributed by atoms with Crippen LogP contribution in [0, 0.1) is 13.8 Å². The van der Waals surface area contributed by atoms with Crippen LogP contribution in [0.1, 0.15) is 37.8 Å². The quantitative estimate of drug-likeness (QED) is 0.868. The topological polar surface area (TPSA) is 49.4 Å². The number of para-hydroxylation sites is 1. The molecule has 2 amide bonds. The number of nitrogens with one attached hydrogen (secondary N) is 1. The Bertz CT molecular complexity index is 463. The summed E-state index contributed by atoms with van der Waals surface area (Å²) < 4.78 is 0. The molecule has 1 aromatic rings. The molecule has 0 heterocycles. The summed E-state index contributed by atoms with van der Waals surface area (Å²) in [5.41, 5.74) is 3.02. The van der Waals surface area contributed by atoms with E-state index < -0.39 is 0 Å². The third kappa shape index (κ3) is 4.37. The Hall–Kier alpha value is -1.84. The minimum Gasteiger partial charge on any atom is -0.356 e. The van der Waals surface area contributed by atoms with Gasteiger partial charge in [-0.2, -0.15) is 0 Å². The fourth-order valence-corrected chi connectivity index (χ4v) is 2.22. The number of hydrogen-bond donors (Lipinski definition) is 1. The predicted molar refractivity (Wildman–Crippen MR) is 81.9 cm³/mol. The largest absolute Gasteiger partial charge is 0.356 e. The van der Waals surface area contributed by atoms with Crippen molar-refractivity contribution in [2.45, 2.75) is 40.5 Å². The highest BCUT2D eigenvalue weighted by molar-refractivity contribution is 5.94. The number of carbonyl (C=O) groups excluding carboxylic acids is 2. The van der Waals surface area contributed by atoms with Crippen molar-refractivity contribution in [3.05, 3.63) is 29.3 Å². The van der Waals surface area contributed by atoms with E-state index in [0.717, 1.165) is 23.2 Å². The summed E-state index contributed by atoms with van der Waals surface area (Å²) >= 11 is 0. The average molecular weight is 276 g/mol. The lowest BCUT2D eigenvalue weighted by molar-refractivity contribution is -0.121. The molecule has 0 unspecified atom stereocenters. The summed E-state index contributed by atoms with van der Waals surface area (Å²) in [4.78, 5) is 25.2. The van der Waals surface area contributed by atoms with Crippen molar-refractivity contribution in [1.29, 1.82) is 0 Å². The standard InChI is InChI=1S/C16H24N2O2/c1-5-10-17-15(20)9-11-18(14(4)19)16-12(2)7-6-8-13(16)3/h6-8H,5,9-11H2,1-4H3,(H,17,20). The fourth-order valence-electron chi connectivity index (χ4n) is 2.22. The van der Waals surface area contributed by atoms with E-state index in [1.165, 1.54) is 6.92 Å². The van der Waals surface area contributed by atoms with Crippen LogP contribution in [-0.4, -0.2) is 24.9 Å². The molecule has 1 rings (SSSR count). The molecule has 0 fully saturated rings. The van der Waals surface area contributed by atoms with Crippen molar-refractivity contribution < 1.29 is 9.59 Å². The van der Waals surface area contributed by atoms with Crippen LogP contribution < -0.4 is 10.2 Å². The third-order valence-electron chi connectivity index (χ3n) is 3.22. The van der Waals surface area contributed by atoms with Gasteiger partial charge in [0.15, 0.2) is 0 Å². The van der Waals surface area contributed by atoms with Crippen molar-refractivity contribution in [2.24, 2.45) is 0 Å². The normalized spacial score (nSPS) is 10.2.